The molecule has 6 heteroatoms. The Morgan fingerprint density at radius 3 is 2.86 bits per heavy atom. The van der Waals surface area contributed by atoms with Gasteiger partial charge in [0.05, 0.1) is 4.99 Å². The Bertz CT molecular complexity index is 609. The summed E-state index contributed by atoms with van der Waals surface area (Å²) in [7, 11) is 1.73. The quantitative estimate of drug-likeness (QED) is 0.792. The Morgan fingerprint density at radius 2 is 2.14 bits per heavy atom. The summed E-state index contributed by atoms with van der Waals surface area (Å²) in [4.78, 5) is 26.1. The Hall–Kier alpha value is -1.69. The summed E-state index contributed by atoms with van der Waals surface area (Å²) < 4.78 is 1.75. The number of thiocarbonyl (C=S) groups is 1. The van der Waals surface area contributed by atoms with Crippen molar-refractivity contribution in [2.75, 3.05) is 13.6 Å². The molecule has 1 heterocycles. The maximum atomic E-state index is 12.1. The van der Waals surface area contributed by atoms with E-state index >= 15 is 0 Å². The molecule has 0 fully saturated rings. The third kappa shape index (κ3) is 3.91. The molecule has 2 rings (SSSR count). The molecule has 114 valence electrons. The zero-order chi connectivity index (χ0) is 15.4. The second kappa shape index (κ2) is 6.85. The number of carbonyl (C=O) groups is 1. The van der Waals surface area contributed by atoms with Crippen molar-refractivity contribution >= 4 is 23.1 Å². The van der Waals surface area contributed by atoms with Crippen molar-refractivity contribution in [1.82, 2.24) is 9.47 Å². The number of fused-ring (bicyclic) bond motifs is 1. The minimum atomic E-state index is -0.0192. The van der Waals surface area contributed by atoms with Gasteiger partial charge in [-0.3, -0.25) is 9.59 Å². The van der Waals surface area contributed by atoms with Crippen LogP contribution in [0.25, 0.3) is 0 Å². The summed E-state index contributed by atoms with van der Waals surface area (Å²) in [6.07, 6.45) is 3.89. The summed E-state index contributed by atoms with van der Waals surface area (Å²) in [5, 5.41) is 0. The molecule has 1 amide bonds. The molecule has 0 bridgehead atoms. The molecule has 0 saturated carbocycles. The van der Waals surface area contributed by atoms with Gasteiger partial charge in [0, 0.05) is 44.7 Å². The molecule has 1 aliphatic carbocycles. The van der Waals surface area contributed by atoms with Gasteiger partial charge in [-0.2, -0.15) is 0 Å². The molecule has 0 radical (unpaired) electrons. The number of pyridine rings is 1. The zero-order valence-corrected chi connectivity index (χ0v) is 13.1. The van der Waals surface area contributed by atoms with Gasteiger partial charge in [0.25, 0.3) is 5.56 Å². The summed E-state index contributed by atoms with van der Waals surface area (Å²) in [6, 6.07) is 3.52. The van der Waals surface area contributed by atoms with E-state index in [2.05, 4.69) is 0 Å². The second-order valence-corrected chi connectivity index (χ2v) is 5.95. The van der Waals surface area contributed by atoms with Gasteiger partial charge in [-0.15, -0.1) is 0 Å². The number of aryl methyl sites for hydroxylation is 1. The molecule has 21 heavy (non-hydrogen) atoms. The third-order valence-corrected chi connectivity index (χ3v) is 4.12. The van der Waals surface area contributed by atoms with Crippen LogP contribution in [0, 0.1) is 0 Å². The second-order valence-electron chi connectivity index (χ2n) is 5.43. The van der Waals surface area contributed by atoms with Crippen LogP contribution in [0.2, 0.25) is 0 Å². The van der Waals surface area contributed by atoms with Crippen molar-refractivity contribution in [3.05, 3.63) is 33.7 Å². The number of nitrogens with two attached hydrogens (primary N) is 1. The van der Waals surface area contributed by atoms with Crippen LogP contribution in [-0.2, 0) is 24.2 Å². The van der Waals surface area contributed by atoms with Crippen LogP contribution in [0.3, 0.4) is 0 Å². The lowest BCUT2D eigenvalue weighted by molar-refractivity contribution is -0.130. The maximum Gasteiger partial charge on any atom is 0.250 e. The highest BCUT2D eigenvalue weighted by molar-refractivity contribution is 7.80. The number of hydrogen-bond acceptors (Lipinski definition) is 3. The molecule has 5 nitrogen and oxygen atoms in total. The van der Waals surface area contributed by atoms with E-state index in [-0.39, 0.29) is 11.5 Å². The Morgan fingerprint density at radius 1 is 1.38 bits per heavy atom. The van der Waals surface area contributed by atoms with Gasteiger partial charge in [0.2, 0.25) is 5.91 Å². The lowest BCUT2D eigenvalue weighted by Gasteiger charge is -2.18. The molecular weight excluding hydrogens is 286 g/mol. The first-order valence-corrected chi connectivity index (χ1v) is 7.63. The fourth-order valence-corrected chi connectivity index (χ4v) is 2.77. The Kier molecular flexibility index (Phi) is 5.12. The fraction of sp³-hybridized carbons (Fsp3) is 0.533. The predicted octanol–water partition coefficient (Wildman–Crippen LogP) is 0.862. The Labute approximate surface area is 129 Å². The van der Waals surface area contributed by atoms with Crippen molar-refractivity contribution < 1.29 is 4.79 Å². The van der Waals surface area contributed by atoms with E-state index in [1.54, 1.807) is 22.6 Å². The lowest BCUT2D eigenvalue weighted by Crippen LogP contribution is -2.32. The largest absolute Gasteiger partial charge is 0.393 e. The van der Waals surface area contributed by atoms with E-state index < -0.39 is 0 Å². The van der Waals surface area contributed by atoms with E-state index in [0.717, 1.165) is 25.0 Å². The number of rotatable bonds is 6. The van der Waals surface area contributed by atoms with E-state index in [1.165, 1.54) is 5.56 Å². The number of amides is 1. The van der Waals surface area contributed by atoms with Crippen molar-refractivity contribution in [1.29, 1.82) is 0 Å². The molecule has 0 unspecified atom stereocenters. The van der Waals surface area contributed by atoms with Crippen molar-refractivity contribution in [3.63, 3.8) is 0 Å². The zero-order valence-electron chi connectivity index (χ0n) is 12.3. The predicted molar refractivity (Wildman–Crippen MR) is 86.4 cm³/mol. The maximum absolute atomic E-state index is 12.1. The van der Waals surface area contributed by atoms with Crippen LogP contribution in [0.5, 0.6) is 0 Å². The molecular formula is C15H21N3O2S. The standard InChI is InChI=1S/C15H21N3O2S/c1-17(9-7-13(16)21)14(19)8-10-18-12-4-2-3-11(12)5-6-15(18)20/h5-6H,2-4,7-10H2,1H3,(H2,16,21). The van der Waals surface area contributed by atoms with E-state index in [1.807, 2.05) is 6.07 Å². The lowest BCUT2D eigenvalue weighted by atomic mass is 10.2. The summed E-state index contributed by atoms with van der Waals surface area (Å²) >= 11 is 4.81. The smallest absolute Gasteiger partial charge is 0.250 e. The Balaban J connectivity index is 1.97. The normalized spacial score (nSPS) is 13.0. The molecule has 0 spiro atoms. The van der Waals surface area contributed by atoms with Gasteiger partial charge in [-0.05, 0) is 24.8 Å². The van der Waals surface area contributed by atoms with Gasteiger partial charge in [0.1, 0.15) is 0 Å². The molecule has 0 saturated heterocycles. The van der Waals surface area contributed by atoms with E-state index in [9.17, 15) is 9.59 Å². The van der Waals surface area contributed by atoms with Crippen LogP contribution in [0.1, 0.15) is 30.5 Å². The number of nitrogens with zero attached hydrogens (tertiary/aromatic N) is 2. The van der Waals surface area contributed by atoms with Gasteiger partial charge < -0.3 is 15.2 Å². The molecule has 0 atom stereocenters. The topological polar surface area (TPSA) is 68.3 Å². The minimum absolute atomic E-state index is 0.00810. The highest BCUT2D eigenvalue weighted by Gasteiger charge is 2.17. The highest BCUT2D eigenvalue weighted by Crippen LogP contribution is 2.20. The van der Waals surface area contributed by atoms with E-state index in [0.29, 0.717) is 30.9 Å². The van der Waals surface area contributed by atoms with Crippen LogP contribution in [0.4, 0.5) is 0 Å². The average molecular weight is 307 g/mol. The van der Waals surface area contributed by atoms with Gasteiger partial charge in [0.15, 0.2) is 0 Å². The molecule has 2 N–H and O–H groups in total. The molecule has 1 aromatic heterocycles. The number of hydrogen-bond donors (Lipinski definition) is 1. The average Bonchev–Trinajstić information content (AvgIpc) is 2.91. The summed E-state index contributed by atoms with van der Waals surface area (Å²) in [5.41, 5.74) is 7.75. The number of aromatic nitrogens is 1. The third-order valence-electron chi connectivity index (χ3n) is 3.92. The molecule has 1 aromatic rings. The summed E-state index contributed by atoms with van der Waals surface area (Å²) in [5.74, 6) is 0.00810. The van der Waals surface area contributed by atoms with Crippen LogP contribution in [-0.4, -0.2) is 34.0 Å². The molecule has 0 aromatic carbocycles. The number of carbonyl (C=O) groups excluding carboxylic acids is 1. The van der Waals surface area contributed by atoms with Gasteiger partial charge in [-0.1, -0.05) is 18.3 Å². The van der Waals surface area contributed by atoms with Gasteiger partial charge >= 0.3 is 0 Å². The van der Waals surface area contributed by atoms with Crippen LogP contribution >= 0.6 is 12.2 Å². The fourth-order valence-electron chi connectivity index (χ4n) is 2.68. The van der Waals surface area contributed by atoms with Crippen molar-refractivity contribution in [2.45, 2.75) is 38.6 Å². The minimum Gasteiger partial charge on any atom is -0.393 e. The van der Waals surface area contributed by atoms with Crippen LogP contribution in [0.15, 0.2) is 16.9 Å². The molecule has 0 aliphatic heterocycles. The van der Waals surface area contributed by atoms with Crippen molar-refractivity contribution in [2.24, 2.45) is 5.73 Å². The van der Waals surface area contributed by atoms with E-state index in [4.69, 9.17) is 18.0 Å². The monoisotopic (exact) mass is 307 g/mol. The SMILES string of the molecule is CN(CCC(N)=S)C(=O)CCn1c2c(ccc1=O)CCC2. The van der Waals surface area contributed by atoms with Gasteiger partial charge in [-0.25, -0.2) is 0 Å². The van der Waals surface area contributed by atoms with Crippen LogP contribution < -0.4 is 11.3 Å². The van der Waals surface area contributed by atoms with Crippen molar-refractivity contribution in [3.8, 4) is 0 Å². The molecule has 1 aliphatic rings. The first-order chi connectivity index (χ1) is 9.99. The first kappa shape index (κ1) is 15.7. The summed E-state index contributed by atoms with van der Waals surface area (Å²) in [6.45, 7) is 0.966. The highest BCUT2D eigenvalue weighted by atomic mass is 32.1. The first-order valence-electron chi connectivity index (χ1n) is 7.23.